The van der Waals surface area contributed by atoms with E-state index in [9.17, 15) is 9.59 Å². The van der Waals surface area contributed by atoms with Crippen LogP contribution in [0.3, 0.4) is 0 Å². The number of carbonyl (C=O) groups is 2. The first-order valence-electron chi connectivity index (χ1n) is 8.25. The highest BCUT2D eigenvalue weighted by atomic mass is 32.1. The first-order chi connectivity index (χ1) is 13.2. The third-order valence-corrected chi connectivity index (χ3v) is 4.67. The van der Waals surface area contributed by atoms with Gasteiger partial charge < -0.3 is 10.1 Å². The van der Waals surface area contributed by atoms with Gasteiger partial charge in [-0.15, -0.1) is 0 Å². The van der Waals surface area contributed by atoms with Crippen LogP contribution in [0.5, 0.6) is 5.75 Å². The number of rotatable bonds is 5. The van der Waals surface area contributed by atoms with Gasteiger partial charge in [-0.25, -0.2) is 0 Å². The molecule has 0 aliphatic heterocycles. The molecule has 2 heterocycles. The number of nitrogens with zero attached hydrogens (tertiary/aromatic N) is 1. The summed E-state index contributed by atoms with van der Waals surface area (Å²) < 4.78 is 5.37. The molecular weight excluding hydrogens is 362 g/mol. The summed E-state index contributed by atoms with van der Waals surface area (Å²) in [6.07, 6.45) is 0.0944. The summed E-state index contributed by atoms with van der Waals surface area (Å²) in [6, 6.07) is 16.0. The second kappa shape index (κ2) is 7.43. The van der Waals surface area contributed by atoms with E-state index in [2.05, 4.69) is 15.5 Å². The number of carbonyl (C=O) groups excluding carboxylic acids is 2. The van der Waals surface area contributed by atoms with Gasteiger partial charge in [0.25, 0.3) is 5.91 Å². The Morgan fingerprint density at radius 1 is 1.07 bits per heavy atom. The van der Waals surface area contributed by atoms with Gasteiger partial charge in [0.2, 0.25) is 0 Å². The number of hydrogen-bond acceptors (Lipinski definition) is 5. The van der Waals surface area contributed by atoms with Crippen molar-refractivity contribution in [1.29, 1.82) is 0 Å². The van der Waals surface area contributed by atoms with Gasteiger partial charge in [0.1, 0.15) is 5.75 Å². The van der Waals surface area contributed by atoms with Crippen molar-refractivity contribution in [2.45, 2.75) is 6.42 Å². The van der Waals surface area contributed by atoms with Crippen LogP contribution in [-0.4, -0.2) is 22.1 Å². The number of H-pyrrole nitrogens is 1. The van der Waals surface area contributed by atoms with Gasteiger partial charge in [0.15, 0.2) is 0 Å². The summed E-state index contributed by atoms with van der Waals surface area (Å²) in [7, 11) is 0. The quantitative estimate of drug-likeness (QED) is 0.406. The summed E-state index contributed by atoms with van der Waals surface area (Å²) in [5.74, 6) is -0.149. The molecule has 4 rings (SSSR count). The maximum Gasteiger partial charge on any atom is 0.317 e. The average molecular weight is 377 g/mol. The molecule has 0 aliphatic rings. The first kappa shape index (κ1) is 17.0. The molecule has 0 radical (unpaired) electrons. The third kappa shape index (κ3) is 3.88. The Bertz CT molecular complexity index is 1090. The van der Waals surface area contributed by atoms with Gasteiger partial charge in [-0.2, -0.15) is 16.4 Å². The summed E-state index contributed by atoms with van der Waals surface area (Å²) >= 11 is 1.46. The molecule has 0 fully saturated rings. The predicted molar refractivity (Wildman–Crippen MR) is 104 cm³/mol. The molecule has 0 spiro atoms. The number of aromatic amines is 1. The fourth-order valence-corrected chi connectivity index (χ4v) is 3.30. The maximum absolute atomic E-state index is 12.2. The number of esters is 1. The Labute approximate surface area is 158 Å². The van der Waals surface area contributed by atoms with E-state index in [1.807, 2.05) is 29.6 Å². The van der Waals surface area contributed by atoms with Gasteiger partial charge >= 0.3 is 5.97 Å². The van der Waals surface area contributed by atoms with Crippen molar-refractivity contribution in [2.75, 3.05) is 5.32 Å². The molecule has 134 valence electrons. The minimum absolute atomic E-state index is 0.0944. The molecule has 2 N–H and O–H groups in total. The number of benzene rings is 2. The molecule has 2 aromatic heterocycles. The third-order valence-electron chi connectivity index (χ3n) is 3.99. The molecule has 0 atom stereocenters. The largest absolute Gasteiger partial charge is 0.426 e. The van der Waals surface area contributed by atoms with Gasteiger partial charge in [-0.1, -0.05) is 18.2 Å². The standard InChI is InChI=1S/C20H15N3O3S/c24-19(11-18-16-3-1-2-4-17(16)22-23-18)26-15-7-5-14(6-8-15)21-20(25)13-9-10-27-12-13/h1-10,12H,11H2,(H,21,25)(H,22,23). The fourth-order valence-electron chi connectivity index (χ4n) is 2.66. The summed E-state index contributed by atoms with van der Waals surface area (Å²) in [6.45, 7) is 0. The van der Waals surface area contributed by atoms with Gasteiger partial charge in [-0.05, 0) is 41.8 Å². The lowest BCUT2D eigenvalue weighted by atomic mass is 10.2. The fraction of sp³-hybridized carbons (Fsp3) is 0.0500. The van der Waals surface area contributed by atoms with Crippen LogP contribution in [0.25, 0.3) is 10.9 Å². The number of amides is 1. The van der Waals surface area contributed by atoms with Crippen LogP contribution in [-0.2, 0) is 11.2 Å². The van der Waals surface area contributed by atoms with Crippen molar-refractivity contribution >= 4 is 39.8 Å². The van der Waals surface area contributed by atoms with Crippen molar-refractivity contribution in [3.8, 4) is 5.75 Å². The van der Waals surface area contributed by atoms with Crippen molar-refractivity contribution in [2.24, 2.45) is 0 Å². The average Bonchev–Trinajstić information content (AvgIpc) is 3.34. The maximum atomic E-state index is 12.2. The van der Waals surface area contributed by atoms with Crippen LogP contribution in [0.15, 0.2) is 65.4 Å². The van der Waals surface area contributed by atoms with Crippen LogP contribution < -0.4 is 10.1 Å². The zero-order chi connectivity index (χ0) is 18.6. The van der Waals surface area contributed by atoms with E-state index >= 15 is 0 Å². The Morgan fingerprint density at radius 2 is 1.89 bits per heavy atom. The van der Waals surface area contributed by atoms with E-state index in [1.165, 1.54) is 11.3 Å². The van der Waals surface area contributed by atoms with Crippen LogP contribution in [0.1, 0.15) is 16.1 Å². The minimum atomic E-state index is -0.389. The normalized spacial score (nSPS) is 10.7. The second-order valence-electron chi connectivity index (χ2n) is 5.86. The van der Waals surface area contributed by atoms with E-state index < -0.39 is 0 Å². The molecule has 7 heteroatoms. The van der Waals surface area contributed by atoms with Gasteiger partial charge in [0, 0.05) is 16.5 Å². The number of anilines is 1. The molecule has 27 heavy (non-hydrogen) atoms. The SMILES string of the molecule is O=C(Cc1[nH]nc2ccccc12)Oc1ccc(NC(=O)c2ccsc2)cc1. The second-order valence-corrected chi connectivity index (χ2v) is 6.64. The number of para-hydroxylation sites is 1. The van der Waals surface area contributed by atoms with Gasteiger partial charge in [0.05, 0.1) is 23.2 Å². The van der Waals surface area contributed by atoms with E-state index in [0.717, 1.165) is 16.6 Å². The monoisotopic (exact) mass is 377 g/mol. The summed E-state index contributed by atoms with van der Waals surface area (Å²) in [5, 5.41) is 14.4. The highest BCUT2D eigenvalue weighted by Gasteiger charge is 2.12. The summed E-state index contributed by atoms with van der Waals surface area (Å²) in [4.78, 5) is 24.2. The summed E-state index contributed by atoms with van der Waals surface area (Å²) in [5.41, 5.74) is 2.77. The molecule has 2 aromatic carbocycles. The van der Waals surface area contributed by atoms with Crippen LogP contribution in [0.4, 0.5) is 5.69 Å². The molecule has 1 amide bonds. The van der Waals surface area contributed by atoms with Crippen molar-refractivity contribution < 1.29 is 14.3 Å². The number of ether oxygens (including phenoxy) is 1. The van der Waals surface area contributed by atoms with E-state index in [4.69, 9.17) is 4.74 Å². The highest BCUT2D eigenvalue weighted by molar-refractivity contribution is 7.08. The van der Waals surface area contributed by atoms with Crippen molar-refractivity contribution in [1.82, 2.24) is 10.2 Å². The van der Waals surface area contributed by atoms with E-state index in [0.29, 0.717) is 17.0 Å². The zero-order valence-electron chi connectivity index (χ0n) is 14.1. The topological polar surface area (TPSA) is 84.1 Å². The van der Waals surface area contributed by atoms with Crippen LogP contribution in [0, 0.1) is 0 Å². The molecule has 6 nitrogen and oxygen atoms in total. The number of fused-ring (bicyclic) bond motifs is 1. The molecule has 0 bridgehead atoms. The lowest BCUT2D eigenvalue weighted by molar-refractivity contribution is -0.133. The first-order valence-corrected chi connectivity index (χ1v) is 9.19. The highest BCUT2D eigenvalue weighted by Crippen LogP contribution is 2.19. The van der Waals surface area contributed by atoms with Crippen molar-refractivity contribution in [3.63, 3.8) is 0 Å². The van der Waals surface area contributed by atoms with E-state index in [-0.39, 0.29) is 18.3 Å². The Morgan fingerprint density at radius 3 is 2.67 bits per heavy atom. The Balaban J connectivity index is 1.38. The molecule has 4 aromatic rings. The lowest BCUT2D eigenvalue weighted by Crippen LogP contribution is -2.12. The number of hydrogen-bond donors (Lipinski definition) is 2. The Hall–Kier alpha value is -3.45. The zero-order valence-corrected chi connectivity index (χ0v) is 15.0. The number of aromatic nitrogens is 2. The van der Waals surface area contributed by atoms with Crippen molar-refractivity contribution in [3.05, 3.63) is 76.6 Å². The molecular formula is C20H15N3O3S. The van der Waals surface area contributed by atoms with Crippen LogP contribution in [0.2, 0.25) is 0 Å². The lowest BCUT2D eigenvalue weighted by Gasteiger charge is -2.06. The predicted octanol–water partition coefficient (Wildman–Crippen LogP) is 4.02. The minimum Gasteiger partial charge on any atom is -0.426 e. The molecule has 0 saturated heterocycles. The smallest absolute Gasteiger partial charge is 0.317 e. The number of nitrogens with one attached hydrogen (secondary N) is 2. The molecule has 0 unspecified atom stereocenters. The molecule has 0 saturated carbocycles. The number of thiophene rings is 1. The van der Waals surface area contributed by atoms with E-state index in [1.54, 1.807) is 35.7 Å². The molecule has 0 aliphatic carbocycles. The Kier molecular flexibility index (Phi) is 4.67. The van der Waals surface area contributed by atoms with Gasteiger partial charge in [-0.3, -0.25) is 14.7 Å². The van der Waals surface area contributed by atoms with Crippen LogP contribution >= 0.6 is 11.3 Å².